The van der Waals surface area contributed by atoms with Gasteiger partial charge in [-0.3, -0.25) is 4.79 Å². The monoisotopic (exact) mass is 273 g/mol. The molecule has 0 aliphatic rings. The molecule has 1 rings (SSSR count). The Morgan fingerprint density at radius 2 is 2.12 bits per heavy atom. The molecule has 1 aromatic carbocycles. The van der Waals surface area contributed by atoms with E-state index in [2.05, 4.69) is 12.2 Å². The van der Waals surface area contributed by atoms with Crippen LogP contribution >= 0.6 is 23.2 Å². The Bertz CT molecular complexity index is 373. The maximum absolute atomic E-state index is 11.8. The molecular weight excluding hydrogens is 257 g/mol. The van der Waals surface area contributed by atoms with Gasteiger partial charge in [0.2, 0.25) is 0 Å². The van der Waals surface area contributed by atoms with Crippen LogP contribution < -0.4 is 5.32 Å². The van der Waals surface area contributed by atoms with Crippen LogP contribution in [0.25, 0.3) is 0 Å². The van der Waals surface area contributed by atoms with E-state index < -0.39 is 0 Å². The topological polar surface area (TPSA) is 29.1 Å². The molecule has 0 fully saturated rings. The summed E-state index contributed by atoms with van der Waals surface area (Å²) < 4.78 is 0. The van der Waals surface area contributed by atoms with Gasteiger partial charge >= 0.3 is 0 Å². The molecule has 0 aliphatic carbocycles. The minimum absolute atomic E-state index is 0.00997. The summed E-state index contributed by atoms with van der Waals surface area (Å²) >= 11 is 11.9. The number of aryl methyl sites for hydroxylation is 1. The van der Waals surface area contributed by atoms with Gasteiger partial charge in [-0.2, -0.15) is 0 Å². The Balaban J connectivity index is 2.58. The van der Waals surface area contributed by atoms with Gasteiger partial charge in [0.15, 0.2) is 0 Å². The first-order valence-electron chi connectivity index (χ1n) is 5.72. The number of benzene rings is 1. The van der Waals surface area contributed by atoms with Gasteiger partial charge < -0.3 is 5.32 Å². The third-order valence-corrected chi connectivity index (χ3v) is 2.98. The van der Waals surface area contributed by atoms with Crippen LogP contribution in [0.2, 0.25) is 5.02 Å². The van der Waals surface area contributed by atoms with Gasteiger partial charge in [-0.25, -0.2) is 0 Å². The minimum atomic E-state index is -0.127. The number of rotatable bonds is 5. The lowest BCUT2D eigenvalue weighted by Crippen LogP contribution is -2.29. The van der Waals surface area contributed by atoms with E-state index >= 15 is 0 Å². The summed E-state index contributed by atoms with van der Waals surface area (Å²) in [6.45, 7) is 4.46. The Morgan fingerprint density at radius 3 is 2.71 bits per heavy atom. The van der Waals surface area contributed by atoms with Gasteiger partial charge in [0, 0.05) is 17.1 Å². The van der Waals surface area contributed by atoms with E-state index in [1.54, 1.807) is 6.07 Å². The molecule has 1 amide bonds. The average Bonchev–Trinajstić information content (AvgIpc) is 2.25. The van der Waals surface area contributed by atoms with Crippen LogP contribution in [0.15, 0.2) is 18.2 Å². The Labute approximate surface area is 112 Å². The Kier molecular flexibility index (Phi) is 5.79. The van der Waals surface area contributed by atoms with Crippen LogP contribution in [-0.4, -0.2) is 17.8 Å². The van der Waals surface area contributed by atoms with Crippen molar-refractivity contribution in [2.45, 2.75) is 32.1 Å². The zero-order chi connectivity index (χ0) is 12.8. The van der Waals surface area contributed by atoms with Crippen LogP contribution in [0.5, 0.6) is 0 Å². The first-order chi connectivity index (χ1) is 8.02. The van der Waals surface area contributed by atoms with Crippen molar-refractivity contribution >= 4 is 29.1 Å². The third kappa shape index (κ3) is 4.97. The first kappa shape index (κ1) is 14.3. The van der Waals surface area contributed by atoms with Crippen molar-refractivity contribution in [1.82, 2.24) is 5.32 Å². The number of hydrogen-bond acceptors (Lipinski definition) is 1. The number of amides is 1. The summed E-state index contributed by atoms with van der Waals surface area (Å²) in [5, 5.41) is 3.37. The summed E-state index contributed by atoms with van der Waals surface area (Å²) in [7, 11) is 0. The molecule has 0 aliphatic heterocycles. The van der Waals surface area contributed by atoms with Crippen molar-refractivity contribution in [3.05, 3.63) is 34.3 Å². The van der Waals surface area contributed by atoms with Crippen molar-refractivity contribution in [1.29, 1.82) is 0 Å². The quantitative estimate of drug-likeness (QED) is 0.813. The molecule has 1 unspecified atom stereocenters. The predicted octanol–water partition coefficient (Wildman–Crippen LogP) is 3.79. The van der Waals surface area contributed by atoms with Crippen molar-refractivity contribution in [3.8, 4) is 0 Å². The molecule has 94 valence electrons. The zero-order valence-corrected chi connectivity index (χ0v) is 11.6. The summed E-state index contributed by atoms with van der Waals surface area (Å²) in [5.41, 5.74) is 1.55. The van der Waals surface area contributed by atoms with Crippen molar-refractivity contribution in [2.24, 2.45) is 0 Å². The van der Waals surface area contributed by atoms with Gasteiger partial charge in [0.1, 0.15) is 0 Å². The molecule has 2 nitrogen and oxygen atoms in total. The number of carbonyl (C=O) groups excluding carboxylic acids is 1. The van der Waals surface area contributed by atoms with Crippen LogP contribution in [-0.2, 0) is 0 Å². The molecule has 4 heteroatoms. The normalized spacial score (nSPS) is 12.2. The molecule has 0 radical (unpaired) electrons. The lowest BCUT2D eigenvalue weighted by atomic mass is 10.1. The minimum Gasteiger partial charge on any atom is -0.351 e. The van der Waals surface area contributed by atoms with E-state index in [1.165, 1.54) is 0 Å². The fourth-order valence-corrected chi connectivity index (χ4v) is 2.17. The fourth-order valence-electron chi connectivity index (χ4n) is 1.59. The highest BCUT2D eigenvalue weighted by Gasteiger charge is 2.09. The lowest BCUT2D eigenvalue weighted by molar-refractivity contribution is 0.0953. The zero-order valence-electron chi connectivity index (χ0n) is 10.1. The number of carbonyl (C=O) groups is 1. The van der Waals surface area contributed by atoms with E-state index in [1.807, 2.05) is 19.1 Å². The summed E-state index contributed by atoms with van der Waals surface area (Å²) in [6, 6.07) is 5.29. The van der Waals surface area contributed by atoms with E-state index in [9.17, 15) is 4.79 Å². The Hall–Kier alpha value is -0.730. The highest BCUT2D eigenvalue weighted by atomic mass is 35.5. The Morgan fingerprint density at radius 1 is 1.41 bits per heavy atom. The van der Waals surface area contributed by atoms with E-state index in [4.69, 9.17) is 23.2 Å². The molecule has 0 saturated heterocycles. The summed E-state index contributed by atoms with van der Waals surface area (Å²) in [5.74, 6) is -0.127. The predicted molar refractivity (Wildman–Crippen MR) is 73.1 cm³/mol. The molecule has 1 aromatic rings. The highest BCUT2D eigenvalue weighted by molar-refractivity contribution is 6.31. The summed E-state index contributed by atoms with van der Waals surface area (Å²) in [6.07, 6.45) is 1.91. The van der Waals surface area contributed by atoms with E-state index in [0.29, 0.717) is 17.1 Å². The highest BCUT2D eigenvalue weighted by Crippen LogP contribution is 2.14. The number of hydrogen-bond donors (Lipinski definition) is 1. The van der Waals surface area contributed by atoms with Crippen LogP contribution in [0.3, 0.4) is 0 Å². The standard InChI is InChI=1S/C13H17Cl2NO/c1-3-4-11(14)8-16-13(17)10-5-9(2)6-12(15)7-10/h5-7,11H,3-4,8H2,1-2H3,(H,16,17). The van der Waals surface area contributed by atoms with Gasteiger partial charge in [0.05, 0.1) is 5.38 Å². The smallest absolute Gasteiger partial charge is 0.251 e. The van der Waals surface area contributed by atoms with Gasteiger partial charge in [0.25, 0.3) is 5.91 Å². The summed E-state index contributed by atoms with van der Waals surface area (Å²) in [4.78, 5) is 11.8. The molecule has 1 N–H and O–H groups in total. The SMILES string of the molecule is CCCC(Cl)CNC(=O)c1cc(C)cc(Cl)c1. The van der Waals surface area contributed by atoms with Gasteiger partial charge in [-0.05, 0) is 37.1 Å². The van der Waals surface area contributed by atoms with E-state index in [-0.39, 0.29) is 11.3 Å². The molecule has 0 bridgehead atoms. The van der Waals surface area contributed by atoms with Crippen LogP contribution in [0.4, 0.5) is 0 Å². The van der Waals surface area contributed by atoms with Crippen molar-refractivity contribution < 1.29 is 4.79 Å². The fraction of sp³-hybridized carbons (Fsp3) is 0.462. The van der Waals surface area contributed by atoms with Crippen LogP contribution in [0, 0.1) is 6.92 Å². The van der Waals surface area contributed by atoms with Gasteiger partial charge in [-0.15, -0.1) is 11.6 Å². The number of alkyl halides is 1. The van der Waals surface area contributed by atoms with Gasteiger partial charge in [-0.1, -0.05) is 24.9 Å². The molecule has 0 spiro atoms. The second-order valence-corrected chi connectivity index (χ2v) is 5.17. The molecule has 1 atom stereocenters. The maximum atomic E-state index is 11.8. The molecule has 17 heavy (non-hydrogen) atoms. The molecule has 0 aromatic heterocycles. The number of halogens is 2. The first-order valence-corrected chi connectivity index (χ1v) is 6.53. The molecule has 0 saturated carbocycles. The van der Waals surface area contributed by atoms with Crippen LogP contribution in [0.1, 0.15) is 35.7 Å². The second kappa shape index (κ2) is 6.87. The molecular formula is C13H17Cl2NO. The maximum Gasteiger partial charge on any atom is 0.251 e. The average molecular weight is 274 g/mol. The van der Waals surface area contributed by atoms with Crippen molar-refractivity contribution in [3.63, 3.8) is 0 Å². The third-order valence-electron chi connectivity index (χ3n) is 2.39. The largest absolute Gasteiger partial charge is 0.351 e. The molecule has 0 heterocycles. The number of nitrogens with one attached hydrogen (secondary N) is 1. The van der Waals surface area contributed by atoms with Crippen molar-refractivity contribution in [2.75, 3.05) is 6.54 Å². The lowest BCUT2D eigenvalue weighted by Gasteiger charge is -2.10. The van der Waals surface area contributed by atoms with E-state index in [0.717, 1.165) is 18.4 Å². The second-order valence-electron chi connectivity index (χ2n) is 4.11.